The van der Waals surface area contributed by atoms with Crippen LogP contribution in [0.4, 0.5) is 27.6 Å². The van der Waals surface area contributed by atoms with Gasteiger partial charge in [-0.3, -0.25) is 14.4 Å². The van der Waals surface area contributed by atoms with Crippen LogP contribution in [0.25, 0.3) is 0 Å². The van der Waals surface area contributed by atoms with Crippen molar-refractivity contribution in [3.63, 3.8) is 0 Å². The maximum atomic E-state index is 13.5. The number of aromatic nitrogens is 1. The lowest BCUT2D eigenvalue weighted by Crippen LogP contribution is -2.44. The number of nitrogens with zero attached hydrogens (tertiary/aromatic N) is 2. The summed E-state index contributed by atoms with van der Waals surface area (Å²) in [6, 6.07) is 12.1. The monoisotopic (exact) mass is 555 g/mol. The number of hydrogen-bond acceptors (Lipinski definition) is 4. The third kappa shape index (κ3) is 6.13. The minimum atomic E-state index is -4.90. The standard InChI is InChI=1S/C25H19ClF5N3O4/c26-16-7-3-14(4-8-16)18-12-34(19-2-1-11-33(23(19)36)13-20(27)28)24(37)21(18)32-22(35)15-5-9-17(10-6-15)38-25(29,30)31/h1-11,18,20-21H,12-13H2,(H,32,35)/t18-,21-/m0/s1. The number of carbonyl (C=O) groups is 2. The average molecular weight is 556 g/mol. The van der Waals surface area contributed by atoms with E-state index in [1.165, 1.54) is 18.3 Å². The molecule has 2 amide bonds. The lowest BCUT2D eigenvalue weighted by Gasteiger charge is -2.19. The second-order valence-corrected chi connectivity index (χ2v) is 8.81. The van der Waals surface area contributed by atoms with Gasteiger partial charge in [-0.1, -0.05) is 23.7 Å². The van der Waals surface area contributed by atoms with Crippen molar-refractivity contribution in [1.29, 1.82) is 0 Å². The Morgan fingerprint density at radius 2 is 1.71 bits per heavy atom. The van der Waals surface area contributed by atoms with Gasteiger partial charge in [-0.2, -0.15) is 0 Å². The number of nitrogens with one attached hydrogen (secondary N) is 1. The van der Waals surface area contributed by atoms with Crippen LogP contribution in [0.2, 0.25) is 5.02 Å². The first kappa shape index (κ1) is 27.1. The molecule has 200 valence electrons. The van der Waals surface area contributed by atoms with E-state index >= 15 is 0 Å². The van der Waals surface area contributed by atoms with Crippen LogP contribution in [-0.4, -0.2) is 41.8 Å². The maximum Gasteiger partial charge on any atom is 0.573 e. The van der Waals surface area contributed by atoms with Crippen molar-refractivity contribution in [1.82, 2.24) is 9.88 Å². The first-order chi connectivity index (χ1) is 17.9. The summed E-state index contributed by atoms with van der Waals surface area (Å²) >= 11 is 5.97. The molecule has 0 saturated carbocycles. The van der Waals surface area contributed by atoms with Crippen molar-refractivity contribution in [2.75, 3.05) is 11.4 Å². The third-order valence-electron chi connectivity index (χ3n) is 5.87. The summed E-state index contributed by atoms with van der Waals surface area (Å²) in [4.78, 5) is 40.4. The molecule has 1 aromatic heterocycles. The number of ether oxygens (including phenoxy) is 1. The predicted octanol–water partition coefficient (Wildman–Crippen LogP) is 4.59. The zero-order valence-electron chi connectivity index (χ0n) is 19.3. The van der Waals surface area contributed by atoms with Crippen molar-refractivity contribution >= 4 is 29.1 Å². The van der Waals surface area contributed by atoms with Gasteiger partial charge in [0.05, 0.1) is 6.54 Å². The summed E-state index contributed by atoms with van der Waals surface area (Å²) in [7, 11) is 0. The SMILES string of the molecule is O=C(N[C@@H]1C(=O)N(c2cccn(CC(F)F)c2=O)C[C@H]1c1ccc(Cl)cc1)c1ccc(OC(F)(F)F)cc1. The van der Waals surface area contributed by atoms with Gasteiger partial charge in [0.25, 0.3) is 17.9 Å². The van der Waals surface area contributed by atoms with Gasteiger partial charge >= 0.3 is 6.36 Å². The zero-order valence-corrected chi connectivity index (χ0v) is 20.0. The summed E-state index contributed by atoms with van der Waals surface area (Å²) in [6.07, 6.45) is -6.51. The van der Waals surface area contributed by atoms with Gasteiger partial charge in [-0.25, -0.2) is 8.78 Å². The molecule has 1 aliphatic heterocycles. The summed E-state index contributed by atoms with van der Waals surface area (Å²) in [6.45, 7) is -0.915. The molecule has 1 N–H and O–H groups in total. The Bertz CT molecular complexity index is 1380. The van der Waals surface area contributed by atoms with Crippen LogP contribution in [0.3, 0.4) is 0 Å². The molecule has 1 fully saturated rings. The molecule has 4 rings (SSSR count). The van der Waals surface area contributed by atoms with Crippen LogP contribution in [0.5, 0.6) is 5.75 Å². The minimum Gasteiger partial charge on any atom is -0.406 e. The molecule has 2 heterocycles. The molecule has 1 saturated heterocycles. The number of carbonyl (C=O) groups excluding carboxylic acids is 2. The highest BCUT2D eigenvalue weighted by Crippen LogP contribution is 2.32. The molecule has 38 heavy (non-hydrogen) atoms. The van der Waals surface area contributed by atoms with E-state index < -0.39 is 54.4 Å². The van der Waals surface area contributed by atoms with E-state index in [1.807, 2.05) is 0 Å². The lowest BCUT2D eigenvalue weighted by molar-refractivity contribution is -0.274. The topological polar surface area (TPSA) is 80.6 Å². The Kier molecular flexibility index (Phi) is 7.72. The van der Waals surface area contributed by atoms with E-state index in [9.17, 15) is 36.3 Å². The highest BCUT2D eigenvalue weighted by molar-refractivity contribution is 6.30. The van der Waals surface area contributed by atoms with Gasteiger partial charge in [0, 0.05) is 29.2 Å². The number of rotatable bonds is 7. The molecule has 13 heteroatoms. The maximum absolute atomic E-state index is 13.5. The summed E-state index contributed by atoms with van der Waals surface area (Å²) in [5, 5.41) is 3.01. The van der Waals surface area contributed by atoms with Gasteiger partial charge in [0.15, 0.2) is 0 Å². The van der Waals surface area contributed by atoms with Crippen LogP contribution in [-0.2, 0) is 11.3 Å². The molecule has 0 aliphatic carbocycles. The second kappa shape index (κ2) is 10.8. The molecule has 2 atom stereocenters. The van der Waals surface area contributed by atoms with Gasteiger partial charge in [-0.15, -0.1) is 13.2 Å². The van der Waals surface area contributed by atoms with E-state index in [0.29, 0.717) is 10.6 Å². The fraction of sp³-hybridized carbons (Fsp3) is 0.240. The van der Waals surface area contributed by atoms with Gasteiger partial charge in [-0.05, 0) is 54.1 Å². The Hall–Kier alpha value is -3.93. The quantitative estimate of drug-likeness (QED) is 0.432. The smallest absolute Gasteiger partial charge is 0.406 e. The largest absolute Gasteiger partial charge is 0.573 e. The normalized spacial score (nSPS) is 17.7. The van der Waals surface area contributed by atoms with E-state index in [4.69, 9.17) is 11.6 Å². The molecule has 0 radical (unpaired) electrons. The minimum absolute atomic E-state index is 0.0420. The summed E-state index contributed by atoms with van der Waals surface area (Å²) < 4.78 is 67.7. The number of anilines is 1. The summed E-state index contributed by atoms with van der Waals surface area (Å²) in [5.74, 6) is -2.62. The molecular formula is C25H19ClF5N3O4. The highest BCUT2D eigenvalue weighted by atomic mass is 35.5. The molecule has 0 spiro atoms. The van der Waals surface area contributed by atoms with Crippen LogP contribution in [0.15, 0.2) is 71.7 Å². The number of pyridine rings is 1. The van der Waals surface area contributed by atoms with E-state index in [2.05, 4.69) is 10.1 Å². The first-order valence-corrected chi connectivity index (χ1v) is 11.5. The number of alkyl halides is 5. The Morgan fingerprint density at radius 3 is 2.32 bits per heavy atom. The second-order valence-electron chi connectivity index (χ2n) is 8.37. The van der Waals surface area contributed by atoms with Crippen LogP contribution < -0.4 is 20.5 Å². The Balaban J connectivity index is 1.63. The van der Waals surface area contributed by atoms with E-state index in [0.717, 1.165) is 33.7 Å². The highest BCUT2D eigenvalue weighted by Gasteiger charge is 2.43. The molecule has 7 nitrogen and oxygen atoms in total. The summed E-state index contributed by atoms with van der Waals surface area (Å²) in [5.41, 5.74) is -0.376. The lowest BCUT2D eigenvalue weighted by atomic mass is 9.94. The van der Waals surface area contributed by atoms with Crippen molar-refractivity contribution in [2.24, 2.45) is 0 Å². The number of amides is 2. The Labute approximate surface area is 217 Å². The molecule has 1 aliphatic rings. The van der Waals surface area contributed by atoms with Crippen LogP contribution >= 0.6 is 11.6 Å². The van der Waals surface area contributed by atoms with Gasteiger partial charge in [0.1, 0.15) is 17.5 Å². The van der Waals surface area contributed by atoms with Crippen molar-refractivity contribution in [3.8, 4) is 5.75 Å². The number of benzene rings is 2. The van der Waals surface area contributed by atoms with Crippen LogP contribution in [0.1, 0.15) is 21.8 Å². The van der Waals surface area contributed by atoms with Crippen molar-refractivity contribution < 1.29 is 36.3 Å². The molecule has 0 unspecified atom stereocenters. The van der Waals surface area contributed by atoms with Crippen molar-refractivity contribution in [2.45, 2.75) is 31.3 Å². The van der Waals surface area contributed by atoms with Gasteiger partial charge in [0.2, 0.25) is 5.91 Å². The first-order valence-electron chi connectivity index (χ1n) is 11.1. The molecule has 3 aromatic rings. The molecular weight excluding hydrogens is 537 g/mol. The van der Waals surface area contributed by atoms with E-state index in [-0.39, 0.29) is 17.8 Å². The van der Waals surface area contributed by atoms with Gasteiger partial charge < -0.3 is 19.5 Å². The number of hydrogen-bond donors (Lipinski definition) is 1. The van der Waals surface area contributed by atoms with Crippen molar-refractivity contribution in [3.05, 3.63) is 93.4 Å². The molecule has 2 aromatic carbocycles. The van der Waals surface area contributed by atoms with Crippen LogP contribution in [0, 0.1) is 0 Å². The number of halogens is 6. The average Bonchev–Trinajstić information content (AvgIpc) is 3.16. The predicted molar refractivity (Wildman–Crippen MR) is 128 cm³/mol. The fourth-order valence-corrected chi connectivity index (χ4v) is 4.30. The van der Waals surface area contributed by atoms with E-state index in [1.54, 1.807) is 24.3 Å². The fourth-order valence-electron chi connectivity index (χ4n) is 4.17. The zero-order chi connectivity index (χ0) is 27.6. The Morgan fingerprint density at radius 1 is 1.05 bits per heavy atom. The molecule has 0 bridgehead atoms. The third-order valence-corrected chi connectivity index (χ3v) is 6.13.